The third-order valence-corrected chi connectivity index (χ3v) is 1.94. The fourth-order valence-electron chi connectivity index (χ4n) is 1.21. The van der Waals surface area contributed by atoms with Crippen LogP contribution in [-0.4, -0.2) is 14.7 Å². The van der Waals surface area contributed by atoms with Crippen molar-refractivity contribution in [2.75, 3.05) is 0 Å². The molecule has 0 aliphatic heterocycles. The SMILES string of the molecule is CCc1c(O)n(CC)c(=O)[nH]c1=O. The predicted molar refractivity (Wildman–Crippen MR) is 48.0 cm³/mol. The Kier molecular flexibility index (Phi) is 2.55. The summed E-state index contributed by atoms with van der Waals surface area (Å²) >= 11 is 0. The molecule has 0 fully saturated rings. The topological polar surface area (TPSA) is 75.1 Å². The number of hydrogen-bond donors (Lipinski definition) is 2. The number of hydrogen-bond acceptors (Lipinski definition) is 3. The Hall–Kier alpha value is -1.52. The lowest BCUT2D eigenvalue weighted by Gasteiger charge is -2.06. The number of rotatable bonds is 2. The second kappa shape index (κ2) is 3.47. The summed E-state index contributed by atoms with van der Waals surface area (Å²) in [6.45, 7) is 3.81. The Bertz CT molecular complexity index is 380. The van der Waals surface area contributed by atoms with Crippen LogP contribution in [0.1, 0.15) is 19.4 Å². The molecule has 0 spiro atoms. The summed E-state index contributed by atoms with van der Waals surface area (Å²) in [6, 6.07) is 0. The number of nitrogens with zero attached hydrogens (tertiary/aromatic N) is 1. The zero-order valence-corrected chi connectivity index (χ0v) is 7.63. The minimum atomic E-state index is -0.567. The van der Waals surface area contributed by atoms with Gasteiger partial charge < -0.3 is 5.11 Å². The third-order valence-electron chi connectivity index (χ3n) is 1.94. The van der Waals surface area contributed by atoms with Gasteiger partial charge in [0, 0.05) is 6.54 Å². The molecule has 0 unspecified atom stereocenters. The van der Waals surface area contributed by atoms with E-state index < -0.39 is 11.2 Å². The lowest BCUT2D eigenvalue weighted by Crippen LogP contribution is -2.31. The zero-order valence-electron chi connectivity index (χ0n) is 7.63. The van der Waals surface area contributed by atoms with E-state index in [1.165, 1.54) is 0 Å². The van der Waals surface area contributed by atoms with Gasteiger partial charge >= 0.3 is 5.69 Å². The fraction of sp³-hybridized carbons (Fsp3) is 0.500. The predicted octanol–water partition coefficient (Wildman–Crippen LogP) is -0.176. The maximum absolute atomic E-state index is 11.1. The molecule has 5 heteroatoms. The monoisotopic (exact) mass is 184 g/mol. The molecule has 5 nitrogen and oxygen atoms in total. The highest BCUT2D eigenvalue weighted by atomic mass is 16.3. The molecule has 0 amide bonds. The molecule has 0 aliphatic carbocycles. The molecule has 0 bridgehead atoms. The largest absolute Gasteiger partial charge is 0.494 e. The van der Waals surface area contributed by atoms with Crippen LogP contribution >= 0.6 is 0 Å². The molecule has 0 saturated heterocycles. The first-order valence-corrected chi connectivity index (χ1v) is 4.16. The van der Waals surface area contributed by atoms with Crippen LogP contribution in [0.5, 0.6) is 5.88 Å². The van der Waals surface area contributed by atoms with Gasteiger partial charge in [-0.25, -0.2) is 4.79 Å². The molecular formula is C8H12N2O3. The van der Waals surface area contributed by atoms with Gasteiger partial charge in [0.25, 0.3) is 5.56 Å². The van der Waals surface area contributed by atoms with Crippen molar-refractivity contribution in [3.63, 3.8) is 0 Å². The van der Waals surface area contributed by atoms with E-state index in [1.54, 1.807) is 13.8 Å². The van der Waals surface area contributed by atoms with Gasteiger partial charge in [-0.1, -0.05) is 6.92 Å². The van der Waals surface area contributed by atoms with E-state index in [0.717, 1.165) is 4.57 Å². The van der Waals surface area contributed by atoms with Gasteiger partial charge in [-0.15, -0.1) is 0 Å². The summed E-state index contributed by atoms with van der Waals surface area (Å²) in [4.78, 5) is 24.4. The van der Waals surface area contributed by atoms with E-state index >= 15 is 0 Å². The van der Waals surface area contributed by atoms with Crippen molar-refractivity contribution in [3.05, 3.63) is 26.4 Å². The first-order valence-electron chi connectivity index (χ1n) is 4.16. The Morgan fingerprint density at radius 1 is 1.38 bits per heavy atom. The van der Waals surface area contributed by atoms with Crippen molar-refractivity contribution in [1.82, 2.24) is 9.55 Å². The minimum Gasteiger partial charge on any atom is -0.494 e. The summed E-state index contributed by atoms with van der Waals surface area (Å²) < 4.78 is 1.13. The van der Waals surface area contributed by atoms with Crippen molar-refractivity contribution in [2.45, 2.75) is 26.8 Å². The van der Waals surface area contributed by atoms with Crippen molar-refractivity contribution in [3.8, 4) is 5.88 Å². The lowest BCUT2D eigenvalue weighted by molar-refractivity contribution is 0.398. The maximum Gasteiger partial charge on any atom is 0.331 e. The first kappa shape index (κ1) is 9.57. The van der Waals surface area contributed by atoms with Crippen LogP contribution in [0.3, 0.4) is 0 Å². The van der Waals surface area contributed by atoms with Gasteiger partial charge in [-0.3, -0.25) is 14.3 Å². The summed E-state index contributed by atoms with van der Waals surface area (Å²) in [5, 5.41) is 9.49. The second-order valence-corrected chi connectivity index (χ2v) is 2.66. The van der Waals surface area contributed by atoms with E-state index in [-0.39, 0.29) is 11.4 Å². The average molecular weight is 184 g/mol. The molecule has 1 aromatic heterocycles. The quantitative estimate of drug-likeness (QED) is 0.669. The Morgan fingerprint density at radius 3 is 2.46 bits per heavy atom. The molecule has 0 aliphatic rings. The van der Waals surface area contributed by atoms with E-state index in [2.05, 4.69) is 4.98 Å². The van der Waals surface area contributed by atoms with Gasteiger partial charge in [0.05, 0.1) is 5.56 Å². The smallest absolute Gasteiger partial charge is 0.331 e. The van der Waals surface area contributed by atoms with Gasteiger partial charge in [-0.05, 0) is 13.3 Å². The summed E-state index contributed by atoms with van der Waals surface area (Å²) in [7, 11) is 0. The maximum atomic E-state index is 11.1. The van der Waals surface area contributed by atoms with Gasteiger partial charge in [0.1, 0.15) is 0 Å². The van der Waals surface area contributed by atoms with Crippen LogP contribution in [0, 0.1) is 0 Å². The number of aromatic hydroxyl groups is 1. The molecule has 1 aromatic rings. The molecular weight excluding hydrogens is 172 g/mol. The van der Waals surface area contributed by atoms with Gasteiger partial charge in [0.15, 0.2) is 0 Å². The highest BCUT2D eigenvalue weighted by Crippen LogP contribution is 2.09. The summed E-state index contributed by atoms with van der Waals surface area (Å²) in [6.07, 6.45) is 0.404. The Labute approximate surface area is 74.7 Å². The van der Waals surface area contributed by atoms with Gasteiger partial charge in [-0.2, -0.15) is 0 Å². The zero-order chi connectivity index (χ0) is 10.0. The molecule has 1 heterocycles. The number of H-pyrrole nitrogens is 1. The normalized spacial score (nSPS) is 10.3. The van der Waals surface area contributed by atoms with Crippen LogP contribution in [-0.2, 0) is 13.0 Å². The number of nitrogens with one attached hydrogen (secondary N) is 1. The molecule has 13 heavy (non-hydrogen) atoms. The van der Waals surface area contributed by atoms with Crippen molar-refractivity contribution < 1.29 is 5.11 Å². The molecule has 2 N–H and O–H groups in total. The van der Waals surface area contributed by atoms with E-state index in [4.69, 9.17) is 0 Å². The molecule has 0 radical (unpaired) electrons. The average Bonchev–Trinajstić information content (AvgIpc) is 2.04. The standard InChI is InChI=1S/C8H12N2O3/c1-3-5-6(11)9-8(13)10(4-2)7(5)12/h12H,3-4H2,1-2H3,(H,9,11,13). The third kappa shape index (κ3) is 1.49. The highest BCUT2D eigenvalue weighted by molar-refractivity contribution is 5.22. The first-order chi connectivity index (χ1) is 6.11. The van der Waals surface area contributed by atoms with Crippen LogP contribution < -0.4 is 11.2 Å². The van der Waals surface area contributed by atoms with Crippen molar-refractivity contribution in [1.29, 1.82) is 0 Å². The number of aromatic nitrogens is 2. The van der Waals surface area contributed by atoms with Gasteiger partial charge in [0.2, 0.25) is 5.88 Å². The van der Waals surface area contributed by atoms with Crippen molar-refractivity contribution in [2.24, 2.45) is 0 Å². The van der Waals surface area contributed by atoms with E-state index in [9.17, 15) is 14.7 Å². The minimum absolute atomic E-state index is 0.223. The lowest BCUT2D eigenvalue weighted by atomic mass is 10.2. The molecule has 0 atom stereocenters. The Morgan fingerprint density at radius 2 is 2.00 bits per heavy atom. The van der Waals surface area contributed by atoms with Crippen LogP contribution in [0.15, 0.2) is 9.59 Å². The highest BCUT2D eigenvalue weighted by Gasteiger charge is 2.10. The molecule has 0 saturated carbocycles. The summed E-state index contributed by atoms with van der Waals surface area (Å²) in [5.41, 5.74) is -0.821. The molecule has 72 valence electrons. The number of aromatic amines is 1. The fourth-order valence-corrected chi connectivity index (χ4v) is 1.21. The Balaban J connectivity index is 3.58. The van der Waals surface area contributed by atoms with Crippen LogP contribution in [0.2, 0.25) is 0 Å². The molecule has 0 aromatic carbocycles. The second-order valence-electron chi connectivity index (χ2n) is 2.66. The van der Waals surface area contributed by atoms with Crippen LogP contribution in [0.4, 0.5) is 0 Å². The van der Waals surface area contributed by atoms with E-state index in [1.807, 2.05) is 0 Å². The van der Waals surface area contributed by atoms with Crippen LogP contribution in [0.25, 0.3) is 0 Å². The summed E-state index contributed by atoms with van der Waals surface area (Å²) in [5.74, 6) is -0.223. The van der Waals surface area contributed by atoms with E-state index in [0.29, 0.717) is 13.0 Å². The van der Waals surface area contributed by atoms with Crippen molar-refractivity contribution >= 4 is 0 Å². The molecule has 1 rings (SSSR count).